The van der Waals surface area contributed by atoms with Gasteiger partial charge in [-0.3, -0.25) is 0 Å². The number of phenolic OH excluding ortho intramolecular Hbond substituents is 1. The minimum absolute atomic E-state index is 0.237. The number of phenols is 1. The largest absolute Gasteiger partial charge is 0.514 e. The summed E-state index contributed by atoms with van der Waals surface area (Å²) in [5, 5.41) is 9.70. The number of aromatic hydroxyl groups is 1. The van der Waals surface area contributed by atoms with Crippen molar-refractivity contribution in [3.05, 3.63) is 433 Å². The van der Waals surface area contributed by atoms with Crippen molar-refractivity contribution in [3.63, 3.8) is 0 Å². The topological polar surface area (TPSA) is 170 Å². The smallest absolute Gasteiger partial charge is 0.508 e. The van der Waals surface area contributed by atoms with Crippen LogP contribution >= 0.6 is 294 Å². The summed E-state index contributed by atoms with van der Waals surface area (Å²) in [6.07, 6.45) is -0.739. The van der Waals surface area contributed by atoms with E-state index in [4.69, 9.17) is 33.2 Å². The van der Waals surface area contributed by atoms with Crippen molar-refractivity contribution >= 4 is 367 Å². The van der Waals surface area contributed by atoms with Crippen LogP contribution in [0.5, 0.6) is 40.2 Å². The molecule has 0 saturated heterocycles. The van der Waals surface area contributed by atoms with Crippen molar-refractivity contribution in [2.24, 2.45) is 0 Å². The molecule has 0 fully saturated rings. The fourth-order valence-electron chi connectivity index (χ4n) is 13.1. The minimum atomic E-state index is -0.739. The summed E-state index contributed by atoms with van der Waals surface area (Å²) in [7, 11) is -1.33. The molecule has 13 nitrogen and oxygen atoms in total. The molecule has 4 atom stereocenters. The van der Waals surface area contributed by atoms with E-state index in [-0.39, 0.29) is 67.9 Å². The molecule has 0 saturated carbocycles. The molecule has 16 rings (SSSR count). The number of carbonyl (C=O) groups is 5. The monoisotopic (exact) mass is 3370 g/mol. The summed E-state index contributed by atoms with van der Waals surface area (Å²) in [6, 6.07) is 120. The zero-order valence-electron chi connectivity index (χ0n) is 74.0. The van der Waals surface area contributed by atoms with Crippen LogP contribution in [0.4, 0.5) is 4.79 Å². The van der Waals surface area contributed by atoms with E-state index >= 15 is 0 Å². The van der Waals surface area contributed by atoms with Gasteiger partial charge in [-0.05, 0) is 626 Å². The van der Waals surface area contributed by atoms with E-state index < -0.39 is 22.7 Å². The molecule has 0 aliphatic carbocycles. The number of hydrogen-bond acceptors (Lipinski definition) is 13. The van der Waals surface area contributed by atoms with Crippen LogP contribution in [-0.4, -0.2) is 46.3 Å². The number of hydrogen-bond donors (Lipinski definition) is 1. The van der Waals surface area contributed by atoms with E-state index in [1.54, 1.807) is 45.0 Å². The zero-order valence-corrected chi connectivity index (χ0v) is 105. The second-order valence-corrected chi connectivity index (χ2v) is 54.4. The van der Waals surface area contributed by atoms with Gasteiger partial charge < -0.3 is 38.3 Å². The first-order valence-electron chi connectivity index (χ1n) is 41.9. The quantitative estimate of drug-likeness (QED) is 0.0170. The Bertz CT molecular complexity index is 6790. The molecule has 0 radical (unpaired) electrons. The van der Waals surface area contributed by atoms with Crippen LogP contribution in [0.1, 0.15) is 83.0 Å². The average molecular weight is 3370 g/mol. The number of rotatable bonds is 22. The number of halogens is 13. The van der Waals surface area contributed by atoms with Gasteiger partial charge in [-0.1, -0.05) is 72.8 Å². The van der Waals surface area contributed by atoms with Gasteiger partial charge in [0.15, 0.2) is 58.7 Å². The van der Waals surface area contributed by atoms with E-state index in [1.165, 1.54) is 32.9 Å². The van der Waals surface area contributed by atoms with Crippen LogP contribution < -0.4 is 28.4 Å². The van der Waals surface area contributed by atoms with Gasteiger partial charge in [0.25, 0.3) is 0 Å². The molecule has 0 heterocycles. The van der Waals surface area contributed by atoms with E-state index in [1.807, 2.05) is 239 Å². The predicted molar refractivity (Wildman–Crippen MR) is 666 cm³/mol. The molecule has 0 aliphatic heterocycles. The second kappa shape index (κ2) is 53.2. The van der Waals surface area contributed by atoms with Crippen LogP contribution in [0.25, 0.3) is 0 Å². The normalized spacial score (nSPS) is 11.9. The molecule has 16 aromatic carbocycles. The van der Waals surface area contributed by atoms with Crippen molar-refractivity contribution in [3.8, 4) is 40.2 Å². The molecule has 0 bridgehead atoms. The third kappa shape index (κ3) is 31.6. The van der Waals surface area contributed by atoms with Crippen LogP contribution in [0, 0.1) is 46.4 Å². The first-order valence-corrected chi connectivity index (χ1v) is 60.8. The zero-order chi connectivity index (χ0) is 99.4. The van der Waals surface area contributed by atoms with Crippen LogP contribution in [-0.2, 0) is 48.3 Å². The minimum Gasteiger partial charge on any atom is -0.508 e. The van der Waals surface area contributed by atoms with E-state index in [2.05, 4.69) is 415 Å². The van der Waals surface area contributed by atoms with Crippen LogP contribution in [0.3, 0.4) is 0 Å². The molecule has 0 amide bonds. The molecule has 0 aromatic heterocycles. The van der Waals surface area contributed by atoms with Gasteiger partial charge in [-0.2, -0.15) is 0 Å². The highest BCUT2D eigenvalue weighted by molar-refractivity contribution is 14.1. The Morgan fingerprint density at radius 3 is 0.619 bits per heavy atom. The maximum Gasteiger partial charge on any atom is 0.514 e. The Morgan fingerprint density at radius 2 is 0.403 bits per heavy atom. The SMILES string of the molecule is CC(C)(C)OC(=O)Oc1ccc([S+](c2ccccc2)c2ccc(OC(=O)c3c(I)ccc(I)c3I)cc2)cc1.CC(C)(C)Oc1ccc([S+](c2ccccc2)c2ccc(OC(=O)c3c(I)ccc(I)c3I)cc2)cc1.O=C(Oc1ccc([S+](c2ccccc2)c2ccc(I)cc2)cc1)c1c(I)ccc(I)c1I.O=C(Oc1ccc([S+](c2ccccc2)c2ccc(O)cc2)cc1)c1c(I)ccc(I)c1I. The lowest BCUT2D eigenvalue weighted by atomic mass is 10.2. The van der Waals surface area contributed by atoms with Gasteiger partial charge in [0.2, 0.25) is 0 Å². The van der Waals surface area contributed by atoms with E-state index in [9.17, 15) is 29.1 Å². The second-order valence-electron chi connectivity index (χ2n) is 31.5. The molecule has 139 heavy (non-hydrogen) atoms. The highest BCUT2D eigenvalue weighted by Gasteiger charge is 2.35. The van der Waals surface area contributed by atoms with Gasteiger partial charge in [0.1, 0.15) is 51.4 Å². The maximum absolute atomic E-state index is 13.0. The molecule has 16 aromatic rings. The molecule has 4 unspecified atom stereocenters. The molecular formula is C109H79I13O13S4+4. The Hall–Kier alpha value is -4.84. The number of carbonyl (C=O) groups excluding carboxylic acids is 5. The average Bonchev–Trinajstić information content (AvgIpc) is 0.812. The van der Waals surface area contributed by atoms with Gasteiger partial charge in [0.05, 0.1) is 65.8 Å². The summed E-state index contributed by atoms with van der Waals surface area (Å²) >= 11 is 28.7. The summed E-state index contributed by atoms with van der Waals surface area (Å²) in [5.74, 6) is 2.16. The van der Waals surface area contributed by atoms with Gasteiger partial charge in [-0.15, -0.1) is 0 Å². The molecule has 704 valence electrons. The summed E-state index contributed by atoms with van der Waals surface area (Å²) in [6.45, 7) is 11.5. The Labute approximate surface area is 997 Å². The number of ether oxygens (including phenoxy) is 7. The summed E-state index contributed by atoms with van der Waals surface area (Å²) in [4.78, 5) is 77.5. The molecular weight excluding hydrogens is 3300 g/mol. The number of esters is 4. The predicted octanol–water partition coefficient (Wildman–Crippen LogP) is 34.1. The standard InChI is InChI=1S/C30H24I3O5S.C29H24I3O3S.C25H15I4O2S.C25H15I3O3S/c1-30(2,3)38-29(35)37-20-11-15-23(16-12-20)39(21-7-5-4-6-8-21)22-13-9-19(10-14-22)36-28(34)26-24(31)17-18-25(32)27(26)33;1-29(2,3)35-20-11-15-23(16-12-20)36(21-7-5-4-6-8-21)22-13-9-19(10-14-22)34-28(33)26-24(30)17-18-25(31)27(26)32;26-16-6-10-19(11-7-16)32(18-4-2-1-3-5-18)20-12-8-17(9-13-20)31-25(30)23-21(27)14-15-22(28)24(23)29;26-21-14-15-22(27)24(28)23(21)25(30)31-17-8-12-20(13-9-17)32(18-4-2-1-3-5-18)19-10-6-16(29)7-11-19/h4-18H,1-3H3;4-18H,1-3H3;2*1-15H/q3*+1;/p+1. The highest BCUT2D eigenvalue weighted by atomic mass is 127. The van der Waals surface area contributed by atoms with Crippen molar-refractivity contribution in [2.75, 3.05) is 0 Å². The summed E-state index contributed by atoms with van der Waals surface area (Å²) < 4.78 is 51.9. The maximum atomic E-state index is 13.0. The van der Waals surface area contributed by atoms with E-state index in [0.29, 0.717) is 51.0 Å². The van der Waals surface area contributed by atoms with Crippen molar-refractivity contribution in [1.29, 1.82) is 0 Å². The summed E-state index contributed by atoms with van der Waals surface area (Å²) in [5.41, 5.74) is 1.51. The third-order valence-corrected chi connectivity index (χ3v) is 44.7. The van der Waals surface area contributed by atoms with Gasteiger partial charge in [0, 0.05) is 46.4 Å². The molecule has 30 heteroatoms. The highest BCUT2D eigenvalue weighted by Crippen LogP contribution is 2.41. The fourth-order valence-corrected chi connectivity index (χ4v) is 31.0. The van der Waals surface area contributed by atoms with Crippen molar-refractivity contribution in [2.45, 2.75) is 111 Å². The van der Waals surface area contributed by atoms with Crippen molar-refractivity contribution < 1.29 is 62.2 Å². The first-order chi connectivity index (χ1) is 66.5. The van der Waals surface area contributed by atoms with Crippen LogP contribution in [0.2, 0.25) is 0 Å². The Morgan fingerprint density at radius 1 is 0.216 bits per heavy atom. The lowest BCUT2D eigenvalue weighted by Crippen LogP contribution is -2.25. The number of benzene rings is 16. The lowest BCUT2D eigenvalue weighted by molar-refractivity contribution is 0.0205. The molecule has 1 N–H and O–H groups in total. The van der Waals surface area contributed by atoms with E-state index in [0.717, 1.165) is 78.0 Å². The molecule has 0 spiro atoms. The van der Waals surface area contributed by atoms with Gasteiger partial charge in [-0.25, -0.2) is 24.0 Å². The Kier molecular flexibility index (Phi) is 42.6. The fraction of sp³-hybridized carbons (Fsp3) is 0.0734. The van der Waals surface area contributed by atoms with Crippen molar-refractivity contribution in [1.82, 2.24) is 0 Å². The van der Waals surface area contributed by atoms with Crippen LogP contribution in [0.15, 0.2) is 423 Å². The van der Waals surface area contributed by atoms with Gasteiger partial charge >= 0.3 is 30.0 Å². The Balaban J connectivity index is 0.000000157. The third-order valence-electron chi connectivity index (χ3n) is 19.2. The molecule has 0 aliphatic rings. The first kappa shape index (κ1) is 111. The lowest BCUT2D eigenvalue weighted by Gasteiger charge is -2.21.